The van der Waals surface area contributed by atoms with E-state index in [2.05, 4.69) is 0 Å². The molecule has 1 aromatic rings. The second kappa shape index (κ2) is 16.2. The molecule has 0 spiro atoms. The molecule has 1 rings (SSSR count). The van der Waals surface area contributed by atoms with Gasteiger partial charge in [-0.15, -0.1) is 0 Å². The van der Waals surface area contributed by atoms with E-state index in [9.17, 15) is 24.3 Å². The van der Waals surface area contributed by atoms with Gasteiger partial charge in [0.1, 0.15) is 11.6 Å². The predicted molar refractivity (Wildman–Crippen MR) is 150 cm³/mol. The Hall–Kier alpha value is -3.14. The Morgan fingerprint density at radius 1 is 0.900 bits per heavy atom. The Morgan fingerprint density at radius 2 is 1.43 bits per heavy atom. The minimum atomic E-state index is -1.37. The van der Waals surface area contributed by atoms with Gasteiger partial charge in [-0.3, -0.25) is 14.4 Å². The van der Waals surface area contributed by atoms with Crippen molar-refractivity contribution >= 4 is 24.1 Å². The maximum Gasteiger partial charge on any atom is 0.508 e. The third kappa shape index (κ3) is 12.4. The number of carbonyl (C=O) groups is 4. The summed E-state index contributed by atoms with van der Waals surface area (Å²) in [5.74, 6) is -3.04. The number of aliphatic carboxylic acids is 1. The fraction of sp³-hybridized carbons (Fsp3) is 0.667. The molecule has 2 unspecified atom stereocenters. The van der Waals surface area contributed by atoms with Gasteiger partial charge in [0.2, 0.25) is 0 Å². The van der Waals surface area contributed by atoms with E-state index in [1.54, 1.807) is 26.8 Å². The standard InChI is InChI=1S/C30H47NO9/c1-9-30(7,8)40-29(36)37-17-20(6)26(27(31)28(34)35)21-12-13-22(38-24(32)14-10-18(2)3)23(16-21)39-25(33)15-11-19(4)5/h12-13,16,18-20,26-27H,9-11,14-15,17,31H2,1-8H3,(H,34,35)/t20?,26?,27-/m0/s1. The molecular weight excluding hydrogens is 518 g/mol. The summed E-state index contributed by atoms with van der Waals surface area (Å²) in [6.45, 7) is 14.8. The van der Waals surface area contributed by atoms with E-state index in [4.69, 9.17) is 24.7 Å². The van der Waals surface area contributed by atoms with Crippen molar-refractivity contribution in [1.29, 1.82) is 0 Å². The summed E-state index contributed by atoms with van der Waals surface area (Å²) in [7, 11) is 0. The molecule has 1 aromatic carbocycles. The summed E-state index contributed by atoms with van der Waals surface area (Å²) < 4.78 is 21.7. The van der Waals surface area contributed by atoms with Gasteiger partial charge in [0.05, 0.1) is 6.61 Å². The number of carboxylic acids is 1. The summed E-state index contributed by atoms with van der Waals surface area (Å²) in [6, 6.07) is 3.12. The highest BCUT2D eigenvalue weighted by molar-refractivity contribution is 5.77. The zero-order valence-corrected chi connectivity index (χ0v) is 25.2. The first-order chi connectivity index (χ1) is 18.6. The van der Waals surface area contributed by atoms with Crippen LogP contribution >= 0.6 is 0 Å². The molecule has 3 atom stereocenters. The predicted octanol–water partition coefficient (Wildman–Crippen LogP) is 5.84. The summed E-state index contributed by atoms with van der Waals surface area (Å²) in [6.07, 6.45) is 1.29. The lowest BCUT2D eigenvalue weighted by molar-refractivity contribution is -0.139. The van der Waals surface area contributed by atoms with Crippen molar-refractivity contribution in [3.63, 3.8) is 0 Å². The van der Waals surface area contributed by atoms with Crippen molar-refractivity contribution < 1.29 is 43.2 Å². The molecule has 0 aliphatic heterocycles. The van der Waals surface area contributed by atoms with Crippen LogP contribution in [0.1, 0.15) is 99.0 Å². The first-order valence-corrected chi connectivity index (χ1v) is 14.0. The lowest BCUT2D eigenvalue weighted by atomic mass is 9.82. The van der Waals surface area contributed by atoms with Crippen LogP contribution in [0.25, 0.3) is 0 Å². The SMILES string of the molecule is CCC(C)(C)OC(=O)OCC(C)C(c1ccc(OC(=O)CCC(C)C)c(OC(=O)CCC(C)C)c1)[C@H](N)C(=O)O. The minimum absolute atomic E-state index is 0.0102. The Kier molecular flexibility index (Phi) is 14.1. The fourth-order valence-electron chi connectivity index (χ4n) is 3.73. The maximum atomic E-state index is 12.6. The molecule has 40 heavy (non-hydrogen) atoms. The molecule has 0 saturated heterocycles. The number of carbonyl (C=O) groups excluding carboxylic acids is 3. The number of ether oxygens (including phenoxy) is 4. The van der Waals surface area contributed by atoms with Gasteiger partial charge in [0, 0.05) is 18.8 Å². The van der Waals surface area contributed by atoms with Crippen molar-refractivity contribution in [2.24, 2.45) is 23.5 Å². The molecule has 0 amide bonds. The number of carboxylic acid groups (broad SMARTS) is 1. The second-order valence-electron chi connectivity index (χ2n) is 11.7. The summed E-state index contributed by atoms with van der Waals surface area (Å²) >= 11 is 0. The van der Waals surface area contributed by atoms with E-state index in [0.29, 0.717) is 30.7 Å². The van der Waals surface area contributed by atoms with Crippen molar-refractivity contribution in [2.45, 2.75) is 105 Å². The third-order valence-electron chi connectivity index (χ3n) is 6.61. The highest BCUT2D eigenvalue weighted by atomic mass is 16.7. The molecule has 0 aliphatic rings. The van der Waals surface area contributed by atoms with E-state index < -0.39 is 47.5 Å². The average Bonchev–Trinajstić information content (AvgIpc) is 2.86. The van der Waals surface area contributed by atoms with Crippen LogP contribution in [0.3, 0.4) is 0 Å². The number of rotatable bonds is 16. The number of nitrogens with two attached hydrogens (primary N) is 1. The molecule has 10 heteroatoms. The summed E-state index contributed by atoms with van der Waals surface area (Å²) in [4.78, 5) is 49.2. The van der Waals surface area contributed by atoms with Crippen LogP contribution in [-0.2, 0) is 23.9 Å². The highest BCUT2D eigenvalue weighted by Gasteiger charge is 2.33. The van der Waals surface area contributed by atoms with Crippen LogP contribution in [0.15, 0.2) is 18.2 Å². The van der Waals surface area contributed by atoms with E-state index >= 15 is 0 Å². The van der Waals surface area contributed by atoms with Crippen LogP contribution in [0, 0.1) is 17.8 Å². The Balaban J connectivity index is 3.31. The molecule has 0 aliphatic carbocycles. The minimum Gasteiger partial charge on any atom is -0.480 e. The van der Waals surface area contributed by atoms with Gasteiger partial charge in [0.15, 0.2) is 11.5 Å². The normalized spacial score (nSPS) is 13.9. The van der Waals surface area contributed by atoms with Crippen LogP contribution in [0.2, 0.25) is 0 Å². The lowest BCUT2D eigenvalue weighted by Crippen LogP contribution is -2.41. The number of hydrogen-bond donors (Lipinski definition) is 2. The monoisotopic (exact) mass is 565 g/mol. The summed E-state index contributed by atoms with van der Waals surface area (Å²) in [5.41, 5.74) is 5.78. The van der Waals surface area contributed by atoms with Crippen LogP contribution < -0.4 is 15.2 Å². The fourth-order valence-corrected chi connectivity index (χ4v) is 3.73. The molecular formula is C30H47NO9. The zero-order valence-electron chi connectivity index (χ0n) is 25.2. The van der Waals surface area contributed by atoms with Gasteiger partial charge in [-0.05, 0) is 68.6 Å². The molecule has 0 fully saturated rings. The van der Waals surface area contributed by atoms with Gasteiger partial charge in [-0.2, -0.15) is 0 Å². The van der Waals surface area contributed by atoms with Gasteiger partial charge in [0.25, 0.3) is 0 Å². The summed E-state index contributed by atoms with van der Waals surface area (Å²) in [5, 5.41) is 9.73. The third-order valence-corrected chi connectivity index (χ3v) is 6.61. The highest BCUT2D eigenvalue weighted by Crippen LogP contribution is 2.36. The van der Waals surface area contributed by atoms with Crippen molar-refractivity contribution in [3.05, 3.63) is 23.8 Å². The zero-order chi connectivity index (χ0) is 30.6. The second-order valence-corrected chi connectivity index (χ2v) is 11.7. The number of esters is 2. The van der Waals surface area contributed by atoms with Gasteiger partial charge in [-0.1, -0.05) is 47.6 Å². The van der Waals surface area contributed by atoms with Crippen LogP contribution in [0.4, 0.5) is 4.79 Å². The maximum absolute atomic E-state index is 12.6. The number of benzene rings is 1. The van der Waals surface area contributed by atoms with Gasteiger partial charge >= 0.3 is 24.1 Å². The molecule has 226 valence electrons. The Labute approximate surface area is 237 Å². The quantitative estimate of drug-likeness (QED) is 0.185. The molecule has 3 N–H and O–H groups in total. The van der Waals surface area contributed by atoms with Crippen molar-refractivity contribution in [1.82, 2.24) is 0 Å². The van der Waals surface area contributed by atoms with E-state index in [1.807, 2.05) is 34.6 Å². The van der Waals surface area contributed by atoms with Crippen LogP contribution in [0.5, 0.6) is 11.5 Å². The van der Waals surface area contributed by atoms with E-state index in [-0.39, 0.29) is 36.9 Å². The van der Waals surface area contributed by atoms with Gasteiger partial charge < -0.3 is 29.8 Å². The molecule has 0 aromatic heterocycles. The molecule has 0 radical (unpaired) electrons. The first-order valence-electron chi connectivity index (χ1n) is 14.0. The number of hydrogen-bond acceptors (Lipinski definition) is 9. The topological polar surface area (TPSA) is 151 Å². The largest absolute Gasteiger partial charge is 0.508 e. The van der Waals surface area contributed by atoms with Crippen molar-refractivity contribution in [3.8, 4) is 11.5 Å². The molecule has 0 heterocycles. The van der Waals surface area contributed by atoms with E-state index in [0.717, 1.165) is 0 Å². The van der Waals surface area contributed by atoms with Gasteiger partial charge in [-0.25, -0.2) is 4.79 Å². The van der Waals surface area contributed by atoms with E-state index in [1.165, 1.54) is 12.1 Å². The molecule has 0 saturated carbocycles. The van der Waals surface area contributed by atoms with Crippen molar-refractivity contribution in [2.75, 3.05) is 6.61 Å². The smallest absolute Gasteiger partial charge is 0.480 e. The first kappa shape index (κ1) is 34.9. The average molecular weight is 566 g/mol. The Morgan fingerprint density at radius 3 is 1.90 bits per heavy atom. The Bertz CT molecular complexity index is 1000. The van der Waals surface area contributed by atoms with Crippen LogP contribution in [-0.4, -0.2) is 47.4 Å². The molecule has 10 nitrogen and oxygen atoms in total. The lowest BCUT2D eigenvalue weighted by Gasteiger charge is -2.28. The molecule has 0 bridgehead atoms.